The highest BCUT2D eigenvalue weighted by atomic mass is 16.6. The minimum absolute atomic E-state index is 0.00974. The summed E-state index contributed by atoms with van der Waals surface area (Å²) in [6.45, 7) is 0.473. The molecule has 7 heteroatoms. The summed E-state index contributed by atoms with van der Waals surface area (Å²) in [7, 11) is 0. The molecule has 4 aliphatic rings. The molecule has 2 aliphatic carbocycles. The molecule has 6 unspecified atom stereocenters. The van der Waals surface area contributed by atoms with Crippen molar-refractivity contribution in [1.29, 1.82) is 0 Å². The van der Waals surface area contributed by atoms with E-state index in [9.17, 15) is 19.7 Å². The molecule has 6 atom stereocenters. The minimum atomic E-state index is -1.28. The normalized spacial score (nSPS) is 38.8. The first-order chi connectivity index (χ1) is 16.5. The summed E-state index contributed by atoms with van der Waals surface area (Å²) in [6, 6.07) is 18.9. The number of ketones is 2. The topological polar surface area (TPSA) is 95.7 Å². The van der Waals surface area contributed by atoms with Gasteiger partial charge in [0.25, 0.3) is 0 Å². The summed E-state index contributed by atoms with van der Waals surface area (Å²) in [5.74, 6) is -0.684. The van der Waals surface area contributed by atoms with E-state index in [1.165, 1.54) is 0 Å². The molecule has 0 radical (unpaired) electrons. The van der Waals surface area contributed by atoms with Crippen LogP contribution >= 0.6 is 0 Å². The van der Waals surface area contributed by atoms with Crippen molar-refractivity contribution < 1.29 is 24.0 Å². The number of hydrogen-bond acceptors (Lipinski definition) is 6. The maximum atomic E-state index is 14.5. The van der Waals surface area contributed by atoms with Crippen molar-refractivity contribution in [1.82, 2.24) is 0 Å². The first-order valence-electron chi connectivity index (χ1n) is 12.0. The Labute approximate surface area is 197 Å². The highest BCUT2D eigenvalue weighted by Gasteiger charge is 2.87. The molecule has 0 bridgehead atoms. The predicted molar refractivity (Wildman–Crippen MR) is 122 cm³/mol. The zero-order valence-electron chi connectivity index (χ0n) is 18.9. The number of Topliss-reactive ketones (excluding diaryl/α,β-unsaturated/α-hetero) is 2. The Morgan fingerprint density at radius 3 is 2.26 bits per heavy atom. The van der Waals surface area contributed by atoms with Crippen molar-refractivity contribution in [2.75, 3.05) is 19.8 Å². The summed E-state index contributed by atoms with van der Waals surface area (Å²) < 4.78 is 12.6. The quantitative estimate of drug-likeness (QED) is 0.500. The van der Waals surface area contributed by atoms with E-state index in [2.05, 4.69) is 0 Å². The monoisotopic (exact) mass is 461 g/mol. The zero-order chi connectivity index (χ0) is 23.6. The number of benzene rings is 2. The number of nitro groups is 1. The molecule has 2 aromatic carbocycles. The van der Waals surface area contributed by atoms with Gasteiger partial charge in [-0.15, -0.1) is 0 Å². The van der Waals surface area contributed by atoms with E-state index in [0.717, 1.165) is 5.56 Å². The molecule has 2 heterocycles. The summed E-state index contributed by atoms with van der Waals surface area (Å²) in [4.78, 5) is 40.0. The van der Waals surface area contributed by atoms with Gasteiger partial charge in [0.15, 0.2) is 11.6 Å². The Balaban J connectivity index is 1.55. The van der Waals surface area contributed by atoms with Gasteiger partial charge in [0, 0.05) is 18.1 Å². The smallest absolute Gasteiger partial charge is 0.218 e. The van der Waals surface area contributed by atoms with Gasteiger partial charge in [0.1, 0.15) is 5.41 Å². The summed E-state index contributed by atoms with van der Waals surface area (Å²) in [6.07, 6.45) is 0.965. The average molecular weight is 462 g/mol. The molecule has 0 amide bonds. The zero-order valence-corrected chi connectivity index (χ0v) is 18.9. The van der Waals surface area contributed by atoms with Crippen molar-refractivity contribution in [2.45, 2.75) is 49.2 Å². The lowest BCUT2D eigenvalue weighted by Gasteiger charge is -2.72. The third kappa shape index (κ3) is 2.44. The first kappa shape index (κ1) is 21.6. The van der Waals surface area contributed by atoms with Crippen LogP contribution in [-0.4, -0.2) is 48.5 Å². The van der Waals surface area contributed by atoms with Gasteiger partial charge in [-0.2, -0.15) is 0 Å². The lowest BCUT2D eigenvalue weighted by molar-refractivity contribution is -0.504. The number of ether oxygens (including phenoxy) is 2. The highest BCUT2D eigenvalue weighted by Crippen LogP contribution is 2.73. The number of nitrogens with zero attached hydrogens (tertiary/aromatic N) is 1. The lowest BCUT2D eigenvalue weighted by Crippen LogP contribution is -2.87. The first-order valence-corrected chi connectivity index (χ1v) is 12.0. The van der Waals surface area contributed by atoms with Gasteiger partial charge in [0.05, 0.1) is 29.0 Å². The Morgan fingerprint density at radius 1 is 0.912 bits per heavy atom. The molecule has 2 saturated carbocycles. The van der Waals surface area contributed by atoms with Crippen LogP contribution in [0.2, 0.25) is 0 Å². The molecule has 2 aliphatic heterocycles. The Hall–Kier alpha value is -2.90. The van der Waals surface area contributed by atoms with E-state index >= 15 is 0 Å². The highest BCUT2D eigenvalue weighted by molar-refractivity contribution is 6.13. The second kappa shape index (κ2) is 7.55. The van der Waals surface area contributed by atoms with Gasteiger partial charge in [-0.1, -0.05) is 60.7 Å². The van der Waals surface area contributed by atoms with E-state index < -0.39 is 45.8 Å². The lowest BCUT2D eigenvalue weighted by atomic mass is 9.30. The van der Waals surface area contributed by atoms with Crippen LogP contribution in [0.4, 0.5) is 0 Å². The van der Waals surface area contributed by atoms with Crippen LogP contribution < -0.4 is 0 Å². The third-order valence-electron chi connectivity index (χ3n) is 8.78. The number of fused-ring (bicyclic) bond motifs is 2. The van der Waals surface area contributed by atoms with Gasteiger partial charge in [0.2, 0.25) is 6.54 Å². The standard InChI is InChI=1S/C27H27NO6/c29-21-20(18-9-3-1-4-10-18)22-26(21,14-8-15-33-22)27(19-11-5-2-6-12-19)23(30)25(17-28(31)32)13-7-16-34-24(25)27/h1-6,9-12,20,22,24H,7-8,13-17H2. The fourth-order valence-electron chi connectivity index (χ4n) is 7.64. The molecular formula is C27H27NO6. The second-order valence-corrected chi connectivity index (χ2v) is 10.1. The SMILES string of the molecule is O=C1C(c2ccccc2)C2OCCCC12C1(c2ccccc2)C(=O)C2(C[N+](=O)[O-])CCCOC21. The number of carbonyl (C=O) groups excluding carboxylic acids is 2. The molecule has 0 spiro atoms. The molecule has 6 rings (SSSR count). The maximum absolute atomic E-state index is 14.5. The van der Waals surface area contributed by atoms with E-state index in [0.29, 0.717) is 44.5 Å². The van der Waals surface area contributed by atoms with Crippen molar-refractivity contribution >= 4 is 11.6 Å². The molecule has 176 valence electrons. The summed E-state index contributed by atoms with van der Waals surface area (Å²) >= 11 is 0. The van der Waals surface area contributed by atoms with Crippen molar-refractivity contribution in [3.8, 4) is 0 Å². The molecule has 0 N–H and O–H groups in total. The van der Waals surface area contributed by atoms with E-state index in [1.54, 1.807) is 0 Å². The number of rotatable bonds is 5. The van der Waals surface area contributed by atoms with Gasteiger partial charge in [-0.3, -0.25) is 19.7 Å². The second-order valence-electron chi connectivity index (χ2n) is 10.1. The molecular weight excluding hydrogens is 434 g/mol. The van der Waals surface area contributed by atoms with Crippen LogP contribution in [0.3, 0.4) is 0 Å². The van der Waals surface area contributed by atoms with Crippen LogP contribution in [0.5, 0.6) is 0 Å². The average Bonchev–Trinajstić information content (AvgIpc) is 2.86. The Bertz CT molecular complexity index is 1150. The van der Waals surface area contributed by atoms with E-state index in [-0.39, 0.29) is 11.6 Å². The fraction of sp³-hybridized carbons (Fsp3) is 0.481. The molecule has 2 aromatic rings. The molecule has 0 aromatic heterocycles. The van der Waals surface area contributed by atoms with Crippen LogP contribution in [0.25, 0.3) is 0 Å². The maximum Gasteiger partial charge on any atom is 0.218 e. The van der Waals surface area contributed by atoms with Gasteiger partial charge in [-0.25, -0.2) is 0 Å². The van der Waals surface area contributed by atoms with Crippen LogP contribution in [0.15, 0.2) is 60.7 Å². The number of hydrogen-bond donors (Lipinski definition) is 0. The summed E-state index contributed by atoms with van der Waals surface area (Å²) in [5.41, 5.74) is -1.98. The van der Waals surface area contributed by atoms with Gasteiger partial charge >= 0.3 is 0 Å². The predicted octanol–water partition coefficient (Wildman–Crippen LogP) is 3.48. The fourth-order valence-corrected chi connectivity index (χ4v) is 7.64. The largest absolute Gasteiger partial charge is 0.376 e. The number of carbonyl (C=O) groups is 2. The van der Waals surface area contributed by atoms with Crippen LogP contribution in [0.1, 0.15) is 42.7 Å². The molecule has 2 saturated heterocycles. The van der Waals surface area contributed by atoms with Gasteiger partial charge < -0.3 is 9.47 Å². The Kier molecular flexibility index (Phi) is 4.80. The van der Waals surface area contributed by atoms with E-state index in [4.69, 9.17) is 9.47 Å². The molecule has 7 nitrogen and oxygen atoms in total. The summed E-state index contributed by atoms with van der Waals surface area (Å²) in [5, 5.41) is 11.7. The van der Waals surface area contributed by atoms with Crippen molar-refractivity contribution in [2.24, 2.45) is 10.8 Å². The molecule has 34 heavy (non-hydrogen) atoms. The van der Waals surface area contributed by atoms with Crippen LogP contribution in [0, 0.1) is 20.9 Å². The van der Waals surface area contributed by atoms with Gasteiger partial charge in [-0.05, 0) is 36.8 Å². The molecule has 4 fully saturated rings. The van der Waals surface area contributed by atoms with Crippen molar-refractivity contribution in [3.63, 3.8) is 0 Å². The third-order valence-corrected chi connectivity index (χ3v) is 8.78. The Morgan fingerprint density at radius 2 is 1.56 bits per heavy atom. The van der Waals surface area contributed by atoms with Crippen molar-refractivity contribution in [3.05, 3.63) is 81.9 Å². The van der Waals surface area contributed by atoms with Crippen LogP contribution in [-0.2, 0) is 24.5 Å². The van der Waals surface area contributed by atoms with E-state index in [1.807, 2.05) is 60.7 Å². The minimum Gasteiger partial charge on any atom is -0.376 e.